The Morgan fingerprint density at radius 2 is 2.07 bits per heavy atom. The minimum absolute atomic E-state index is 0.0663. The second-order valence-corrected chi connectivity index (χ2v) is 8.45. The fraction of sp³-hybridized carbons (Fsp3) is 0.619. The third kappa shape index (κ3) is 4.45. The van der Waals surface area contributed by atoms with Gasteiger partial charge in [-0.2, -0.15) is 0 Å². The van der Waals surface area contributed by atoms with Gasteiger partial charge in [0, 0.05) is 38.8 Å². The van der Waals surface area contributed by atoms with Crippen LogP contribution in [0.25, 0.3) is 4.85 Å². The number of hydrogen-bond donors (Lipinski definition) is 0. The van der Waals surface area contributed by atoms with Crippen LogP contribution in [-0.2, 0) is 9.47 Å². The van der Waals surface area contributed by atoms with E-state index in [1.807, 2.05) is 20.8 Å². The summed E-state index contributed by atoms with van der Waals surface area (Å²) in [6.45, 7) is 17.8. The highest BCUT2D eigenvalue weighted by Crippen LogP contribution is 2.34. The van der Waals surface area contributed by atoms with E-state index in [-0.39, 0.29) is 23.9 Å². The first-order valence-electron chi connectivity index (χ1n) is 9.69. The molecule has 3 rings (SSSR count). The molecule has 1 amide bonds. The van der Waals surface area contributed by atoms with Crippen molar-refractivity contribution < 1.29 is 18.7 Å². The molecule has 0 spiro atoms. The lowest BCUT2D eigenvalue weighted by Gasteiger charge is -2.41. The van der Waals surface area contributed by atoms with Crippen LogP contribution in [0.15, 0.2) is 12.1 Å². The van der Waals surface area contributed by atoms with Crippen molar-refractivity contribution in [3.63, 3.8) is 0 Å². The van der Waals surface area contributed by atoms with Crippen LogP contribution in [0.5, 0.6) is 0 Å². The summed E-state index contributed by atoms with van der Waals surface area (Å²) in [7, 11) is 0. The lowest BCUT2D eigenvalue weighted by molar-refractivity contribution is 0.00193. The summed E-state index contributed by atoms with van der Waals surface area (Å²) in [6, 6.07) is 3.27. The van der Waals surface area contributed by atoms with Gasteiger partial charge in [-0.3, -0.25) is 4.90 Å². The maximum Gasteiger partial charge on any atom is 0.410 e. The zero-order valence-corrected chi connectivity index (χ0v) is 17.0. The first-order chi connectivity index (χ1) is 13.2. The smallest absolute Gasteiger partial charge is 0.410 e. The van der Waals surface area contributed by atoms with E-state index in [0.717, 1.165) is 18.5 Å². The van der Waals surface area contributed by atoms with Gasteiger partial charge in [0.1, 0.15) is 11.4 Å². The van der Waals surface area contributed by atoms with Gasteiger partial charge < -0.3 is 14.4 Å². The Morgan fingerprint density at radius 3 is 2.75 bits per heavy atom. The van der Waals surface area contributed by atoms with Crippen LogP contribution in [0.2, 0.25) is 0 Å². The largest absolute Gasteiger partial charge is 0.444 e. The highest BCUT2D eigenvalue weighted by molar-refractivity contribution is 5.68. The second kappa shape index (κ2) is 8.06. The van der Waals surface area contributed by atoms with Crippen LogP contribution in [0.1, 0.15) is 44.4 Å². The average molecular weight is 389 g/mol. The Bertz CT molecular complexity index is 784. The van der Waals surface area contributed by atoms with E-state index in [1.54, 1.807) is 17.9 Å². The third-order valence-electron chi connectivity index (χ3n) is 5.31. The summed E-state index contributed by atoms with van der Waals surface area (Å²) >= 11 is 0. The summed E-state index contributed by atoms with van der Waals surface area (Å²) in [6.07, 6.45) is 0.329. The van der Waals surface area contributed by atoms with Gasteiger partial charge in [-0.15, -0.1) is 0 Å². The summed E-state index contributed by atoms with van der Waals surface area (Å²) < 4.78 is 25.4. The van der Waals surface area contributed by atoms with E-state index in [9.17, 15) is 9.18 Å². The SMILES string of the molecule is [C-]#[N+]c1c(F)ccc([C@H]2CN3CCN(C(=O)OC(C)(C)C)C[C@H]3CCO2)c1C. The number of carbonyl (C=O) groups is 1. The molecular weight excluding hydrogens is 361 g/mol. The Morgan fingerprint density at radius 1 is 1.32 bits per heavy atom. The van der Waals surface area contributed by atoms with Crippen molar-refractivity contribution in [2.24, 2.45) is 0 Å². The zero-order chi connectivity index (χ0) is 20.5. The predicted molar refractivity (Wildman–Crippen MR) is 104 cm³/mol. The van der Waals surface area contributed by atoms with E-state index in [4.69, 9.17) is 16.0 Å². The van der Waals surface area contributed by atoms with Crippen molar-refractivity contribution in [2.75, 3.05) is 32.8 Å². The number of ether oxygens (including phenoxy) is 2. The van der Waals surface area contributed by atoms with Crippen LogP contribution in [0, 0.1) is 19.3 Å². The van der Waals surface area contributed by atoms with Gasteiger partial charge >= 0.3 is 6.09 Å². The molecule has 2 aliphatic rings. The van der Waals surface area contributed by atoms with Crippen molar-refractivity contribution in [1.82, 2.24) is 9.80 Å². The first-order valence-corrected chi connectivity index (χ1v) is 9.69. The quantitative estimate of drug-likeness (QED) is 0.680. The van der Waals surface area contributed by atoms with Gasteiger partial charge in [0.05, 0.1) is 12.7 Å². The number of halogens is 1. The van der Waals surface area contributed by atoms with E-state index in [2.05, 4.69) is 9.74 Å². The molecule has 0 bridgehead atoms. The van der Waals surface area contributed by atoms with Gasteiger partial charge in [-0.1, -0.05) is 6.07 Å². The summed E-state index contributed by atoms with van der Waals surface area (Å²) in [5.74, 6) is -0.492. The molecule has 0 aromatic heterocycles. The number of amides is 1. The molecular formula is C21H28FN3O3. The Balaban J connectivity index is 1.71. The molecule has 2 fully saturated rings. The molecule has 1 aromatic carbocycles. The zero-order valence-electron chi connectivity index (χ0n) is 17.0. The average Bonchev–Trinajstić information content (AvgIpc) is 2.82. The number of piperazine rings is 1. The fourth-order valence-corrected chi connectivity index (χ4v) is 3.87. The maximum atomic E-state index is 13.9. The fourth-order valence-electron chi connectivity index (χ4n) is 3.87. The molecule has 2 heterocycles. The third-order valence-corrected chi connectivity index (χ3v) is 5.31. The van der Waals surface area contributed by atoms with Crippen LogP contribution in [-0.4, -0.2) is 60.3 Å². The van der Waals surface area contributed by atoms with E-state index < -0.39 is 11.4 Å². The predicted octanol–water partition coefficient (Wildman–Crippen LogP) is 4.07. The highest BCUT2D eigenvalue weighted by Gasteiger charge is 2.35. The molecule has 2 aliphatic heterocycles. The normalized spacial score (nSPS) is 23.5. The minimum Gasteiger partial charge on any atom is -0.444 e. The molecule has 1 aromatic rings. The molecule has 0 unspecified atom stereocenters. The van der Waals surface area contributed by atoms with Crippen LogP contribution in [0.4, 0.5) is 14.9 Å². The second-order valence-electron chi connectivity index (χ2n) is 8.45. The van der Waals surface area contributed by atoms with Crippen molar-refractivity contribution in [3.8, 4) is 0 Å². The molecule has 0 radical (unpaired) electrons. The van der Waals surface area contributed by atoms with Gasteiger partial charge in [0.2, 0.25) is 5.69 Å². The lowest BCUT2D eigenvalue weighted by atomic mass is 10.00. The number of benzene rings is 1. The lowest BCUT2D eigenvalue weighted by Crippen LogP contribution is -2.55. The molecule has 7 heteroatoms. The molecule has 2 saturated heterocycles. The molecule has 0 N–H and O–H groups in total. The van der Waals surface area contributed by atoms with Gasteiger partial charge in [-0.25, -0.2) is 14.0 Å². The number of hydrogen-bond acceptors (Lipinski definition) is 4. The van der Waals surface area contributed by atoms with Gasteiger partial charge in [-0.05, 0) is 51.3 Å². The molecule has 28 heavy (non-hydrogen) atoms. The monoisotopic (exact) mass is 389 g/mol. The standard InChI is InChI=1S/C21H28FN3O3/c1-14-16(6-7-17(22)19(14)23-5)18-13-24-9-10-25(12-15(24)8-11-27-18)20(26)28-21(2,3)4/h6-7,15,18H,8-13H2,1-4H3/t15-,18-/m1/s1. The highest BCUT2D eigenvalue weighted by atomic mass is 19.1. The molecule has 152 valence electrons. The Hall–Kier alpha value is -2.17. The van der Waals surface area contributed by atoms with Gasteiger partial charge in [0.25, 0.3) is 0 Å². The Labute approximate surface area is 166 Å². The van der Waals surface area contributed by atoms with Crippen molar-refractivity contribution in [1.29, 1.82) is 0 Å². The molecule has 0 saturated carbocycles. The van der Waals surface area contributed by atoms with E-state index in [0.29, 0.717) is 31.8 Å². The molecule has 0 aliphatic carbocycles. The summed E-state index contributed by atoms with van der Waals surface area (Å²) in [5, 5.41) is 0. The van der Waals surface area contributed by atoms with E-state index in [1.165, 1.54) is 6.07 Å². The first kappa shape index (κ1) is 20.6. The molecule has 2 atom stereocenters. The Kier molecular flexibility index (Phi) is 5.92. The number of nitrogens with zero attached hydrogens (tertiary/aromatic N) is 3. The van der Waals surface area contributed by atoms with Crippen LogP contribution < -0.4 is 0 Å². The van der Waals surface area contributed by atoms with Crippen LogP contribution >= 0.6 is 0 Å². The van der Waals surface area contributed by atoms with Crippen molar-refractivity contribution in [3.05, 3.63) is 40.5 Å². The summed E-state index contributed by atoms with van der Waals surface area (Å²) in [4.78, 5) is 19.8. The van der Waals surface area contributed by atoms with Crippen molar-refractivity contribution >= 4 is 11.8 Å². The van der Waals surface area contributed by atoms with E-state index >= 15 is 0 Å². The summed E-state index contributed by atoms with van der Waals surface area (Å²) in [5.41, 5.74) is 1.07. The number of fused-ring (bicyclic) bond motifs is 1. The maximum absolute atomic E-state index is 13.9. The van der Waals surface area contributed by atoms with Gasteiger partial charge in [0.15, 0.2) is 0 Å². The van der Waals surface area contributed by atoms with Crippen molar-refractivity contribution in [2.45, 2.75) is 51.9 Å². The number of rotatable bonds is 1. The topological polar surface area (TPSA) is 46.4 Å². The number of carbonyl (C=O) groups excluding carboxylic acids is 1. The molecule has 6 nitrogen and oxygen atoms in total. The van der Waals surface area contributed by atoms with Crippen LogP contribution in [0.3, 0.4) is 0 Å². The minimum atomic E-state index is -0.507.